The molecular weight excluding hydrogens is 365 g/mol. The fraction of sp³-hybridized carbons (Fsp3) is 0.250. The second kappa shape index (κ2) is 8.51. The molecule has 0 radical (unpaired) electrons. The maximum absolute atomic E-state index is 13.0. The molecule has 28 heavy (non-hydrogen) atoms. The number of benzene rings is 2. The normalized spacial score (nSPS) is 13.6. The minimum atomic E-state index is -0.427. The van der Waals surface area contributed by atoms with Gasteiger partial charge in [0.15, 0.2) is 0 Å². The van der Waals surface area contributed by atoms with Gasteiger partial charge in [-0.15, -0.1) is 0 Å². The summed E-state index contributed by atoms with van der Waals surface area (Å²) in [6.07, 6.45) is 0. The third-order valence-electron chi connectivity index (χ3n) is 4.25. The maximum atomic E-state index is 13.0. The predicted octanol–water partition coefficient (Wildman–Crippen LogP) is 2.88. The lowest BCUT2D eigenvalue weighted by atomic mass is 10.2. The predicted molar refractivity (Wildman–Crippen MR) is 102 cm³/mol. The Bertz CT molecular complexity index is 868. The zero-order chi connectivity index (χ0) is 20.1. The van der Waals surface area contributed by atoms with Crippen LogP contribution in [0, 0.1) is 5.82 Å². The minimum Gasteiger partial charge on any atom is -0.462 e. The summed E-state index contributed by atoms with van der Waals surface area (Å²) < 4.78 is 17.9. The molecule has 7 nitrogen and oxygen atoms in total. The number of amides is 3. The summed E-state index contributed by atoms with van der Waals surface area (Å²) in [6.45, 7) is 2.73. The van der Waals surface area contributed by atoms with E-state index in [0.29, 0.717) is 30.0 Å². The first-order valence-corrected chi connectivity index (χ1v) is 8.87. The highest BCUT2D eigenvalue weighted by Gasteiger charge is 2.30. The molecule has 8 heteroatoms. The van der Waals surface area contributed by atoms with Gasteiger partial charge in [0.1, 0.15) is 12.4 Å². The number of nitrogens with zero attached hydrogens (tertiary/aromatic N) is 2. The monoisotopic (exact) mass is 385 g/mol. The van der Waals surface area contributed by atoms with Gasteiger partial charge in [0, 0.05) is 24.5 Å². The van der Waals surface area contributed by atoms with Crippen LogP contribution in [0.5, 0.6) is 0 Å². The van der Waals surface area contributed by atoms with Crippen molar-refractivity contribution in [2.45, 2.75) is 6.92 Å². The number of carbonyl (C=O) groups excluding carboxylic acids is 3. The molecule has 0 saturated carbocycles. The largest absolute Gasteiger partial charge is 0.462 e. The van der Waals surface area contributed by atoms with Gasteiger partial charge < -0.3 is 15.0 Å². The standard InChI is InChI=1S/C20H20FN3O4/c1-2-28-19(26)14-3-7-16(8-4-14)22-18(25)13-23-11-12-24(20(23)27)17-9-5-15(21)6-10-17/h3-10H,2,11-13H2,1H3,(H,22,25). The van der Waals surface area contributed by atoms with Crippen LogP contribution in [0.1, 0.15) is 17.3 Å². The summed E-state index contributed by atoms with van der Waals surface area (Å²) in [7, 11) is 0. The van der Waals surface area contributed by atoms with Crippen molar-refractivity contribution in [1.29, 1.82) is 0 Å². The molecule has 0 aliphatic carbocycles. The Balaban J connectivity index is 1.55. The molecule has 1 saturated heterocycles. The van der Waals surface area contributed by atoms with Crippen LogP contribution in [-0.2, 0) is 9.53 Å². The summed E-state index contributed by atoms with van der Waals surface area (Å²) >= 11 is 0. The van der Waals surface area contributed by atoms with Crippen molar-refractivity contribution in [3.8, 4) is 0 Å². The second-order valence-electron chi connectivity index (χ2n) is 6.18. The van der Waals surface area contributed by atoms with Gasteiger partial charge in [-0.3, -0.25) is 9.69 Å². The Hall–Kier alpha value is -3.42. The van der Waals surface area contributed by atoms with Gasteiger partial charge in [-0.25, -0.2) is 14.0 Å². The molecule has 1 N–H and O–H groups in total. The van der Waals surface area contributed by atoms with E-state index in [1.54, 1.807) is 31.2 Å². The lowest BCUT2D eigenvalue weighted by Crippen LogP contribution is -2.37. The van der Waals surface area contributed by atoms with Crippen LogP contribution in [0.3, 0.4) is 0 Å². The Morgan fingerprint density at radius 2 is 1.75 bits per heavy atom. The molecule has 2 aromatic rings. The summed E-state index contributed by atoms with van der Waals surface area (Å²) in [5.74, 6) is -1.15. The molecule has 0 aromatic heterocycles. The lowest BCUT2D eigenvalue weighted by molar-refractivity contribution is -0.116. The van der Waals surface area contributed by atoms with Crippen LogP contribution >= 0.6 is 0 Å². The number of nitrogens with one attached hydrogen (secondary N) is 1. The quantitative estimate of drug-likeness (QED) is 0.776. The zero-order valence-electron chi connectivity index (χ0n) is 15.4. The number of urea groups is 1. The number of halogens is 1. The van der Waals surface area contributed by atoms with Crippen LogP contribution in [0.15, 0.2) is 48.5 Å². The van der Waals surface area contributed by atoms with Crippen LogP contribution in [0.4, 0.5) is 20.6 Å². The topological polar surface area (TPSA) is 79.0 Å². The Morgan fingerprint density at radius 1 is 1.07 bits per heavy atom. The number of anilines is 2. The Labute approximate surface area is 161 Å². The van der Waals surface area contributed by atoms with E-state index in [1.807, 2.05) is 0 Å². The minimum absolute atomic E-state index is 0.101. The van der Waals surface area contributed by atoms with Gasteiger partial charge in [0.25, 0.3) is 0 Å². The smallest absolute Gasteiger partial charge is 0.338 e. The highest BCUT2D eigenvalue weighted by Crippen LogP contribution is 2.20. The van der Waals surface area contributed by atoms with E-state index in [2.05, 4.69) is 5.32 Å². The number of esters is 1. The van der Waals surface area contributed by atoms with Crippen LogP contribution < -0.4 is 10.2 Å². The Kier molecular flexibility index (Phi) is 5.88. The van der Waals surface area contributed by atoms with Crippen LogP contribution in [0.2, 0.25) is 0 Å². The Morgan fingerprint density at radius 3 is 2.39 bits per heavy atom. The number of ether oxygens (including phenoxy) is 1. The number of hydrogen-bond donors (Lipinski definition) is 1. The van der Waals surface area contributed by atoms with Crippen molar-refractivity contribution in [2.24, 2.45) is 0 Å². The average molecular weight is 385 g/mol. The van der Waals surface area contributed by atoms with Crippen LogP contribution in [-0.4, -0.2) is 49.0 Å². The first-order chi connectivity index (χ1) is 13.5. The molecule has 3 rings (SSSR count). The van der Waals surface area contributed by atoms with E-state index in [-0.39, 0.29) is 30.9 Å². The van der Waals surface area contributed by atoms with Crippen molar-refractivity contribution in [1.82, 2.24) is 4.90 Å². The fourth-order valence-electron chi connectivity index (χ4n) is 2.87. The summed E-state index contributed by atoms with van der Waals surface area (Å²) in [5.41, 5.74) is 1.49. The van der Waals surface area contributed by atoms with E-state index in [4.69, 9.17) is 4.74 Å². The molecule has 2 aromatic carbocycles. The molecule has 146 valence electrons. The SMILES string of the molecule is CCOC(=O)c1ccc(NC(=O)CN2CCN(c3ccc(F)cc3)C2=O)cc1. The molecule has 0 bridgehead atoms. The van der Waals surface area contributed by atoms with Crippen LogP contribution in [0.25, 0.3) is 0 Å². The highest BCUT2D eigenvalue weighted by atomic mass is 19.1. The molecule has 1 aliphatic rings. The van der Waals surface area contributed by atoms with Gasteiger partial charge in [-0.05, 0) is 55.5 Å². The van der Waals surface area contributed by atoms with Crippen molar-refractivity contribution < 1.29 is 23.5 Å². The van der Waals surface area contributed by atoms with E-state index in [1.165, 1.54) is 34.1 Å². The summed E-state index contributed by atoms with van der Waals surface area (Å²) in [5, 5.41) is 2.70. The van der Waals surface area contributed by atoms with Gasteiger partial charge in [0.2, 0.25) is 5.91 Å². The molecule has 1 aliphatic heterocycles. The number of rotatable bonds is 6. The first kappa shape index (κ1) is 19.3. The third-order valence-corrected chi connectivity index (χ3v) is 4.25. The van der Waals surface area contributed by atoms with Gasteiger partial charge >= 0.3 is 12.0 Å². The summed E-state index contributed by atoms with van der Waals surface area (Å²) in [6, 6.07) is 11.6. The molecule has 0 atom stereocenters. The maximum Gasteiger partial charge on any atom is 0.338 e. The van der Waals surface area contributed by atoms with Crippen molar-refractivity contribution in [3.63, 3.8) is 0 Å². The molecule has 1 fully saturated rings. The molecular formula is C20H20FN3O4. The van der Waals surface area contributed by atoms with E-state index >= 15 is 0 Å². The molecule has 1 heterocycles. The molecule has 3 amide bonds. The zero-order valence-corrected chi connectivity index (χ0v) is 15.4. The van der Waals surface area contributed by atoms with E-state index < -0.39 is 5.97 Å². The highest BCUT2D eigenvalue weighted by molar-refractivity contribution is 5.99. The van der Waals surface area contributed by atoms with Crippen molar-refractivity contribution in [3.05, 3.63) is 59.9 Å². The van der Waals surface area contributed by atoms with E-state index in [0.717, 1.165) is 0 Å². The second-order valence-corrected chi connectivity index (χ2v) is 6.18. The molecule has 0 unspecified atom stereocenters. The fourth-order valence-corrected chi connectivity index (χ4v) is 2.87. The van der Waals surface area contributed by atoms with Gasteiger partial charge in [0.05, 0.1) is 12.2 Å². The lowest BCUT2D eigenvalue weighted by Gasteiger charge is -2.18. The van der Waals surface area contributed by atoms with Crippen molar-refractivity contribution >= 4 is 29.3 Å². The first-order valence-electron chi connectivity index (χ1n) is 8.87. The number of hydrogen-bond acceptors (Lipinski definition) is 4. The van der Waals surface area contributed by atoms with E-state index in [9.17, 15) is 18.8 Å². The molecule has 0 spiro atoms. The van der Waals surface area contributed by atoms with Crippen molar-refractivity contribution in [2.75, 3.05) is 36.5 Å². The summed E-state index contributed by atoms with van der Waals surface area (Å²) in [4.78, 5) is 39.3. The van der Waals surface area contributed by atoms with Gasteiger partial charge in [-0.2, -0.15) is 0 Å². The average Bonchev–Trinajstić information content (AvgIpc) is 3.03. The number of carbonyl (C=O) groups is 3. The van der Waals surface area contributed by atoms with Gasteiger partial charge in [-0.1, -0.05) is 0 Å². The third kappa shape index (κ3) is 4.46.